The zero-order chi connectivity index (χ0) is 12.0. The monoisotopic (exact) mass is 220 g/mol. The van der Waals surface area contributed by atoms with Gasteiger partial charge in [-0.25, -0.2) is 0 Å². The molecule has 0 aliphatic rings. The summed E-state index contributed by atoms with van der Waals surface area (Å²) in [6, 6.07) is 9.09. The lowest BCUT2D eigenvalue weighted by molar-refractivity contribution is -0.123. The van der Waals surface area contributed by atoms with E-state index in [-0.39, 0.29) is 11.9 Å². The van der Waals surface area contributed by atoms with E-state index < -0.39 is 6.04 Å². The van der Waals surface area contributed by atoms with E-state index in [1.165, 1.54) is 0 Å². The molecule has 1 amide bonds. The molecule has 0 heterocycles. The number of carbonyl (C=O) groups excluding carboxylic acids is 1. The number of hydrogen-bond donors (Lipinski definition) is 2. The van der Waals surface area contributed by atoms with Gasteiger partial charge in [-0.2, -0.15) is 0 Å². The lowest BCUT2D eigenvalue weighted by Crippen LogP contribution is -2.40. The Morgan fingerprint density at radius 3 is 2.31 bits per heavy atom. The largest absolute Gasteiger partial charge is 0.352 e. The van der Waals surface area contributed by atoms with Crippen molar-refractivity contribution in [3.63, 3.8) is 0 Å². The number of benzene rings is 1. The predicted molar refractivity (Wildman–Crippen MR) is 65.9 cm³/mol. The lowest BCUT2D eigenvalue weighted by Gasteiger charge is -2.18. The van der Waals surface area contributed by atoms with Crippen molar-refractivity contribution in [2.75, 3.05) is 0 Å². The highest BCUT2D eigenvalue weighted by Crippen LogP contribution is 2.10. The second kappa shape index (κ2) is 6.28. The van der Waals surface area contributed by atoms with E-state index in [9.17, 15) is 4.79 Å². The first-order valence-corrected chi connectivity index (χ1v) is 5.79. The molecule has 0 radical (unpaired) electrons. The summed E-state index contributed by atoms with van der Waals surface area (Å²) in [5.41, 5.74) is 6.74. The van der Waals surface area contributed by atoms with Crippen LogP contribution >= 0.6 is 0 Å². The first-order valence-electron chi connectivity index (χ1n) is 5.79. The normalized spacial score (nSPS) is 12.5. The molecule has 0 aromatic heterocycles. The summed E-state index contributed by atoms with van der Waals surface area (Å²) in [6.45, 7) is 4.12. The predicted octanol–water partition coefficient (Wildman–Crippen LogP) is 1.99. The number of hydrogen-bond acceptors (Lipinski definition) is 2. The third-order valence-corrected chi connectivity index (χ3v) is 2.77. The molecule has 16 heavy (non-hydrogen) atoms. The molecule has 1 atom stereocenters. The van der Waals surface area contributed by atoms with Crippen LogP contribution < -0.4 is 11.1 Å². The Morgan fingerprint density at radius 1 is 1.25 bits per heavy atom. The van der Waals surface area contributed by atoms with Crippen molar-refractivity contribution in [3.05, 3.63) is 35.9 Å². The van der Waals surface area contributed by atoms with Crippen LogP contribution in [0.5, 0.6) is 0 Å². The molecular weight excluding hydrogens is 200 g/mol. The van der Waals surface area contributed by atoms with Crippen molar-refractivity contribution < 1.29 is 4.79 Å². The Bertz CT molecular complexity index is 320. The van der Waals surface area contributed by atoms with Crippen molar-refractivity contribution in [3.8, 4) is 0 Å². The third kappa shape index (κ3) is 3.35. The molecule has 3 N–H and O–H groups in total. The van der Waals surface area contributed by atoms with E-state index >= 15 is 0 Å². The highest BCUT2D eigenvalue weighted by atomic mass is 16.2. The molecule has 0 spiro atoms. The zero-order valence-electron chi connectivity index (χ0n) is 9.94. The molecule has 1 rings (SSSR count). The first-order chi connectivity index (χ1) is 7.69. The van der Waals surface area contributed by atoms with Gasteiger partial charge in [-0.05, 0) is 18.4 Å². The Morgan fingerprint density at radius 2 is 1.81 bits per heavy atom. The maximum atomic E-state index is 11.8. The van der Waals surface area contributed by atoms with E-state index in [1.54, 1.807) is 0 Å². The molecule has 0 aliphatic carbocycles. The fraction of sp³-hybridized carbons (Fsp3) is 0.462. The van der Waals surface area contributed by atoms with Crippen LogP contribution in [0.3, 0.4) is 0 Å². The van der Waals surface area contributed by atoms with E-state index in [2.05, 4.69) is 19.2 Å². The minimum atomic E-state index is -0.568. The van der Waals surface area contributed by atoms with Gasteiger partial charge in [0.2, 0.25) is 5.91 Å². The Kier molecular flexibility index (Phi) is 4.99. The molecule has 1 aromatic rings. The summed E-state index contributed by atoms with van der Waals surface area (Å²) in [5, 5.41) is 2.95. The lowest BCUT2D eigenvalue weighted by atomic mass is 10.1. The van der Waals surface area contributed by atoms with Gasteiger partial charge in [-0.3, -0.25) is 4.79 Å². The average molecular weight is 220 g/mol. The van der Waals surface area contributed by atoms with Crippen molar-refractivity contribution in [2.24, 2.45) is 5.73 Å². The molecule has 0 fully saturated rings. The quantitative estimate of drug-likeness (QED) is 0.797. The fourth-order valence-electron chi connectivity index (χ4n) is 1.60. The third-order valence-electron chi connectivity index (χ3n) is 2.77. The maximum Gasteiger partial charge on any atom is 0.241 e. The SMILES string of the molecule is CCC(CC)NC(=O)[C@H](N)c1ccccc1. The van der Waals surface area contributed by atoms with E-state index in [0.717, 1.165) is 18.4 Å². The smallest absolute Gasteiger partial charge is 0.241 e. The van der Waals surface area contributed by atoms with E-state index in [1.807, 2.05) is 30.3 Å². The van der Waals surface area contributed by atoms with Crippen LogP contribution in [0.25, 0.3) is 0 Å². The minimum Gasteiger partial charge on any atom is -0.352 e. The van der Waals surface area contributed by atoms with E-state index in [0.29, 0.717) is 0 Å². The zero-order valence-corrected chi connectivity index (χ0v) is 9.94. The first kappa shape index (κ1) is 12.7. The molecule has 3 heteroatoms. The Balaban J connectivity index is 2.61. The summed E-state index contributed by atoms with van der Waals surface area (Å²) in [5.74, 6) is -0.0973. The summed E-state index contributed by atoms with van der Waals surface area (Å²) in [4.78, 5) is 11.8. The molecule has 0 aliphatic heterocycles. The van der Waals surface area contributed by atoms with Crippen molar-refractivity contribution in [1.29, 1.82) is 0 Å². The summed E-state index contributed by atoms with van der Waals surface area (Å²) < 4.78 is 0. The topological polar surface area (TPSA) is 55.1 Å². The Labute approximate surface area is 97.0 Å². The van der Waals surface area contributed by atoms with Gasteiger partial charge in [0.15, 0.2) is 0 Å². The van der Waals surface area contributed by atoms with Gasteiger partial charge >= 0.3 is 0 Å². The van der Waals surface area contributed by atoms with Crippen LogP contribution in [0.4, 0.5) is 0 Å². The highest BCUT2D eigenvalue weighted by molar-refractivity contribution is 5.83. The van der Waals surface area contributed by atoms with Gasteiger partial charge in [-0.1, -0.05) is 44.2 Å². The highest BCUT2D eigenvalue weighted by Gasteiger charge is 2.17. The second-order valence-corrected chi connectivity index (χ2v) is 3.91. The summed E-state index contributed by atoms with van der Waals surface area (Å²) in [6.07, 6.45) is 1.87. The number of rotatable bonds is 5. The molecule has 0 unspecified atom stereocenters. The fourth-order valence-corrected chi connectivity index (χ4v) is 1.60. The van der Waals surface area contributed by atoms with Crippen molar-refractivity contribution in [1.82, 2.24) is 5.32 Å². The van der Waals surface area contributed by atoms with Crippen LogP contribution in [-0.2, 0) is 4.79 Å². The van der Waals surface area contributed by atoms with Crippen LogP contribution in [0, 0.1) is 0 Å². The van der Waals surface area contributed by atoms with Gasteiger partial charge in [0, 0.05) is 6.04 Å². The molecule has 88 valence electrons. The van der Waals surface area contributed by atoms with Crippen LogP contribution in [0.2, 0.25) is 0 Å². The van der Waals surface area contributed by atoms with Gasteiger partial charge in [0.1, 0.15) is 6.04 Å². The van der Waals surface area contributed by atoms with Gasteiger partial charge < -0.3 is 11.1 Å². The number of nitrogens with two attached hydrogens (primary N) is 1. The standard InChI is InChI=1S/C13H20N2O/c1-3-11(4-2)15-13(16)12(14)10-8-6-5-7-9-10/h5-9,11-12H,3-4,14H2,1-2H3,(H,15,16)/t12-/m1/s1. The average Bonchev–Trinajstić information content (AvgIpc) is 2.35. The van der Waals surface area contributed by atoms with Crippen LogP contribution in [0.1, 0.15) is 38.3 Å². The molecule has 1 aromatic carbocycles. The molecule has 0 saturated heterocycles. The van der Waals surface area contributed by atoms with Gasteiger partial charge in [0.05, 0.1) is 0 Å². The van der Waals surface area contributed by atoms with Crippen molar-refractivity contribution in [2.45, 2.75) is 38.8 Å². The minimum absolute atomic E-state index is 0.0973. The Hall–Kier alpha value is -1.35. The van der Waals surface area contributed by atoms with Gasteiger partial charge in [0.25, 0.3) is 0 Å². The number of carbonyl (C=O) groups is 1. The van der Waals surface area contributed by atoms with Crippen LogP contribution in [-0.4, -0.2) is 11.9 Å². The number of amides is 1. The van der Waals surface area contributed by atoms with Crippen molar-refractivity contribution >= 4 is 5.91 Å². The molecule has 0 saturated carbocycles. The summed E-state index contributed by atoms with van der Waals surface area (Å²) in [7, 11) is 0. The number of nitrogens with one attached hydrogen (secondary N) is 1. The molecular formula is C13H20N2O. The summed E-state index contributed by atoms with van der Waals surface area (Å²) >= 11 is 0. The molecule has 0 bridgehead atoms. The van der Waals surface area contributed by atoms with Gasteiger partial charge in [-0.15, -0.1) is 0 Å². The maximum absolute atomic E-state index is 11.8. The van der Waals surface area contributed by atoms with Crippen LogP contribution in [0.15, 0.2) is 30.3 Å². The second-order valence-electron chi connectivity index (χ2n) is 3.91. The molecule has 3 nitrogen and oxygen atoms in total. The van der Waals surface area contributed by atoms with E-state index in [4.69, 9.17) is 5.73 Å².